The van der Waals surface area contributed by atoms with Crippen LogP contribution < -0.4 is 5.73 Å². The maximum Gasteiger partial charge on any atom is 0.243 e. The molecule has 20 heavy (non-hydrogen) atoms. The first-order valence-electron chi connectivity index (χ1n) is 6.84. The third-order valence-corrected chi connectivity index (χ3v) is 6.17. The molecule has 0 spiro atoms. The van der Waals surface area contributed by atoms with Gasteiger partial charge in [0.2, 0.25) is 10.0 Å². The van der Waals surface area contributed by atoms with Crippen molar-refractivity contribution in [2.24, 2.45) is 11.7 Å². The van der Waals surface area contributed by atoms with Gasteiger partial charge in [-0.3, -0.25) is 0 Å². The molecule has 1 fully saturated rings. The summed E-state index contributed by atoms with van der Waals surface area (Å²) in [6.45, 7) is 4.77. The van der Waals surface area contributed by atoms with Gasteiger partial charge in [-0.05, 0) is 50.3 Å². The summed E-state index contributed by atoms with van der Waals surface area (Å²) in [5.41, 5.74) is 6.64. The van der Waals surface area contributed by atoms with E-state index in [0.717, 1.165) is 18.4 Å². The van der Waals surface area contributed by atoms with Crippen LogP contribution in [0.25, 0.3) is 0 Å². The summed E-state index contributed by atoms with van der Waals surface area (Å²) in [7, 11) is -3.49. The Morgan fingerprint density at radius 3 is 2.80 bits per heavy atom. The Bertz CT molecular complexity index is 587. The first-order chi connectivity index (χ1) is 9.32. The maximum absolute atomic E-state index is 12.8. The normalized spacial score (nSPS) is 22.7. The lowest BCUT2D eigenvalue weighted by molar-refractivity contribution is 0.243. The zero-order valence-electron chi connectivity index (χ0n) is 11.8. The van der Waals surface area contributed by atoms with Crippen molar-refractivity contribution >= 4 is 21.6 Å². The van der Waals surface area contributed by atoms with Crippen molar-refractivity contribution in [3.05, 3.63) is 28.8 Å². The van der Waals surface area contributed by atoms with E-state index in [1.165, 1.54) is 6.07 Å². The number of nitrogens with zero attached hydrogens (tertiary/aromatic N) is 1. The molecule has 1 aliphatic heterocycles. The van der Waals surface area contributed by atoms with E-state index in [1.54, 1.807) is 23.4 Å². The molecule has 0 aliphatic carbocycles. The molecule has 2 atom stereocenters. The summed E-state index contributed by atoms with van der Waals surface area (Å²) >= 11 is 5.94. The highest BCUT2D eigenvalue weighted by Crippen LogP contribution is 2.28. The molecule has 112 valence electrons. The summed E-state index contributed by atoms with van der Waals surface area (Å²) in [6, 6.07) is 4.98. The van der Waals surface area contributed by atoms with Gasteiger partial charge in [0.15, 0.2) is 0 Å². The molecular formula is C14H21ClN2O2S. The van der Waals surface area contributed by atoms with E-state index in [2.05, 4.69) is 0 Å². The molecule has 0 unspecified atom stereocenters. The zero-order chi connectivity index (χ0) is 14.9. The standard InChI is InChI=1S/C14H21ClN2O2S/c1-10-5-6-13(15)8-14(10)20(18,19)17-7-3-4-12(9-17)11(2)16/h5-6,8,11-12H,3-4,7,9,16H2,1-2H3/t11-,12+/m1/s1. The number of hydrogen-bond acceptors (Lipinski definition) is 3. The molecule has 2 N–H and O–H groups in total. The van der Waals surface area contributed by atoms with Gasteiger partial charge in [0.25, 0.3) is 0 Å². The second kappa shape index (κ2) is 6.02. The van der Waals surface area contributed by atoms with Crippen molar-refractivity contribution in [1.82, 2.24) is 4.31 Å². The number of hydrogen-bond donors (Lipinski definition) is 1. The average molecular weight is 317 g/mol. The van der Waals surface area contributed by atoms with Crippen LogP contribution in [0.15, 0.2) is 23.1 Å². The van der Waals surface area contributed by atoms with Gasteiger partial charge in [-0.25, -0.2) is 8.42 Å². The van der Waals surface area contributed by atoms with Gasteiger partial charge in [-0.2, -0.15) is 4.31 Å². The predicted octanol–water partition coefficient (Wildman–Crippen LogP) is 2.40. The Balaban J connectivity index is 2.32. The molecule has 0 bridgehead atoms. The Labute approximate surface area is 126 Å². The average Bonchev–Trinajstić information content (AvgIpc) is 2.41. The van der Waals surface area contributed by atoms with Crippen molar-refractivity contribution in [1.29, 1.82) is 0 Å². The van der Waals surface area contributed by atoms with Crippen molar-refractivity contribution in [2.45, 2.75) is 37.6 Å². The highest BCUT2D eigenvalue weighted by Gasteiger charge is 2.32. The molecule has 0 amide bonds. The quantitative estimate of drug-likeness (QED) is 0.931. The Hall–Kier alpha value is -0.620. The van der Waals surface area contributed by atoms with Gasteiger partial charge in [0.05, 0.1) is 4.90 Å². The summed E-state index contributed by atoms with van der Waals surface area (Å²) in [5.74, 6) is 0.220. The number of aryl methyl sites for hydroxylation is 1. The third-order valence-electron chi connectivity index (χ3n) is 3.93. The zero-order valence-corrected chi connectivity index (χ0v) is 13.4. The van der Waals surface area contributed by atoms with Gasteiger partial charge in [0, 0.05) is 24.2 Å². The lowest BCUT2D eigenvalue weighted by Crippen LogP contribution is -2.45. The fourth-order valence-corrected chi connectivity index (χ4v) is 4.64. The molecule has 0 saturated carbocycles. The van der Waals surface area contributed by atoms with Crippen LogP contribution >= 0.6 is 11.6 Å². The van der Waals surface area contributed by atoms with E-state index in [0.29, 0.717) is 23.0 Å². The molecule has 2 rings (SSSR count). The number of rotatable bonds is 3. The Kier molecular flexibility index (Phi) is 4.74. The lowest BCUT2D eigenvalue weighted by atomic mass is 9.93. The molecule has 1 aliphatic rings. The van der Waals surface area contributed by atoms with Gasteiger partial charge in [0.1, 0.15) is 0 Å². The number of piperidine rings is 1. The van der Waals surface area contributed by atoms with Gasteiger partial charge >= 0.3 is 0 Å². The fourth-order valence-electron chi connectivity index (χ4n) is 2.61. The second-order valence-electron chi connectivity index (χ2n) is 5.53. The monoisotopic (exact) mass is 316 g/mol. The molecule has 6 heteroatoms. The first kappa shape index (κ1) is 15.8. The molecule has 1 aromatic rings. The van der Waals surface area contributed by atoms with E-state index < -0.39 is 10.0 Å². The molecular weight excluding hydrogens is 296 g/mol. The van der Waals surface area contributed by atoms with E-state index in [4.69, 9.17) is 17.3 Å². The van der Waals surface area contributed by atoms with Crippen LogP contribution in [-0.2, 0) is 10.0 Å². The first-order valence-corrected chi connectivity index (χ1v) is 8.66. The van der Waals surface area contributed by atoms with Crippen LogP contribution in [-0.4, -0.2) is 31.9 Å². The molecule has 1 heterocycles. The van der Waals surface area contributed by atoms with Crippen molar-refractivity contribution in [3.63, 3.8) is 0 Å². The highest BCUT2D eigenvalue weighted by atomic mass is 35.5. The summed E-state index contributed by atoms with van der Waals surface area (Å²) in [4.78, 5) is 0.301. The second-order valence-corrected chi connectivity index (χ2v) is 7.88. The lowest BCUT2D eigenvalue weighted by Gasteiger charge is -2.34. The van der Waals surface area contributed by atoms with Crippen LogP contribution in [0.1, 0.15) is 25.3 Å². The van der Waals surface area contributed by atoms with Crippen LogP contribution in [0, 0.1) is 12.8 Å². The van der Waals surface area contributed by atoms with Crippen LogP contribution in [0.4, 0.5) is 0 Å². The van der Waals surface area contributed by atoms with E-state index in [1.807, 2.05) is 6.92 Å². The number of sulfonamides is 1. The largest absolute Gasteiger partial charge is 0.328 e. The Morgan fingerprint density at radius 2 is 2.15 bits per heavy atom. The fraction of sp³-hybridized carbons (Fsp3) is 0.571. The minimum Gasteiger partial charge on any atom is -0.328 e. The number of nitrogens with two attached hydrogens (primary N) is 1. The molecule has 0 radical (unpaired) electrons. The number of benzene rings is 1. The predicted molar refractivity (Wildman–Crippen MR) is 81.3 cm³/mol. The van der Waals surface area contributed by atoms with Crippen molar-refractivity contribution in [2.75, 3.05) is 13.1 Å². The summed E-state index contributed by atoms with van der Waals surface area (Å²) in [5, 5.41) is 0.440. The third kappa shape index (κ3) is 3.17. The molecule has 1 saturated heterocycles. The van der Waals surface area contributed by atoms with E-state index in [9.17, 15) is 8.42 Å². The van der Waals surface area contributed by atoms with Crippen molar-refractivity contribution in [3.8, 4) is 0 Å². The van der Waals surface area contributed by atoms with Gasteiger partial charge in [-0.1, -0.05) is 17.7 Å². The molecule has 0 aromatic heterocycles. The smallest absolute Gasteiger partial charge is 0.243 e. The van der Waals surface area contributed by atoms with Crippen LogP contribution in [0.2, 0.25) is 5.02 Å². The Morgan fingerprint density at radius 1 is 1.45 bits per heavy atom. The minimum absolute atomic E-state index is 0.00783. The van der Waals surface area contributed by atoms with E-state index >= 15 is 0 Å². The molecule has 1 aromatic carbocycles. The SMILES string of the molecule is Cc1ccc(Cl)cc1S(=O)(=O)N1CCC[C@H]([C@@H](C)N)C1. The summed E-state index contributed by atoms with van der Waals surface area (Å²) < 4.78 is 27.1. The molecule has 4 nitrogen and oxygen atoms in total. The maximum atomic E-state index is 12.8. The topological polar surface area (TPSA) is 63.4 Å². The van der Waals surface area contributed by atoms with E-state index in [-0.39, 0.29) is 12.0 Å². The minimum atomic E-state index is -3.49. The highest BCUT2D eigenvalue weighted by molar-refractivity contribution is 7.89. The summed E-state index contributed by atoms with van der Waals surface area (Å²) in [6.07, 6.45) is 1.84. The number of halogens is 1. The van der Waals surface area contributed by atoms with Crippen molar-refractivity contribution < 1.29 is 8.42 Å². The van der Waals surface area contributed by atoms with Crippen LogP contribution in [0.3, 0.4) is 0 Å². The van der Waals surface area contributed by atoms with Gasteiger partial charge < -0.3 is 5.73 Å². The van der Waals surface area contributed by atoms with Crippen LogP contribution in [0.5, 0.6) is 0 Å². The van der Waals surface area contributed by atoms with Gasteiger partial charge in [-0.15, -0.1) is 0 Å².